The van der Waals surface area contributed by atoms with Crippen LogP contribution in [0.5, 0.6) is 0 Å². The predicted molar refractivity (Wildman–Crippen MR) is 66.2 cm³/mol. The molecule has 0 aliphatic heterocycles. The van der Waals surface area contributed by atoms with Crippen molar-refractivity contribution in [3.05, 3.63) is 11.4 Å². The molecule has 0 fully saturated rings. The molecule has 1 aromatic heterocycles. The van der Waals surface area contributed by atoms with E-state index < -0.39 is 10.0 Å². The van der Waals surface area contributed by atoms with Gasteiger partial charge in [-0.3, -0.25) is 4.68 Å². The smallest absolute Gasteiger partial charge is 0.244 e. The summed E-state index contributed by atoms with van der Waals surface area (Å²) >= 11 is 0. The highest BCUT2D eigenvalue weighted by molar-refractivity contribution is 7.89. The number of aromatic nitrogens is 2. The topological polar surface area (TPSA) is 90.0 Å². The maximum absolute atomic E-state index is 12.1. The Morgan fingerprint density at radius 2 is 2.00 bits per heavy atom. The summed E-state index contributed by atoms with van der Waals surface area (Å²) in [6.07, 6.45) is 0. The summed E-state index contributed by atoms with van der Waals surface area (Å²) in [5.74, 6) is 0. The van der Waals surface area contributed by atoms with E-state index in [4.69, 9.17) is 5.73 Å². The van der Waals surface area contributed by atoms with Gasteiger partial charge in [0.05, 0.1) is 17.9 Å². The van der Waals surface area contributed by atoms with Crippen molar-refractivity contribution in [3.63, 3.8) is 0 Å². The van der Waals surface area contributed by atoms with Crippen molar-refractivity contribution in [1.82, 2.24) is 14.5 Å². The van der Waals surface area contributed by atoms with Crippen LogP contribution < -0.4 is 10.5 Å². The summed E-state index contributed by atoms with van der Waals surface area (Å²) in [5, 5.41) is 4.19. The van der Waals surface area contributed by atoms with Crippen molar-refractivity contribution in [2.24, 2.45) is 5.73 Å². The third-order valence-electron chi connectivity index (χ3n) is 2.32. The molecule has 7 heteroatoms. The van der Waals surface area contributed by atoms with Crippen molar-refractivity contribution < 1.29 is 8.42 Å². The molecular formula is C10H20N4O2S. The maximum Gasteiger partial charge on any atom is 0.244 e. The molecule has 1 rings (SSSR count). The Morgan fingerprint density at radius 1 is 1.41 bits per heavy atom. The second-order valence-electron chi connectivity index (χ2n) is 4.29. The molecule has 0 radical (unpaired) electrons. The Balaban J connectivity index is 3.22. The molecule has 17 heavy (non-hydrogen) atoms. The highest BCUT2D eigenvalue weighted by Crippen LogP contribution is 2.19. The minimum atomic E-state index is -3.49. The van der Waals surface area contributed by atoms with Crippen molar-refractivity contribution in [2.75, 3.05) is 6.54 Å². The number of hydrogen-bond acceptors (Lipinski definition) is 4. The fraction of sp³-hybridized carbons (Fsp3) is 0.700. The quantitative estimate of drug-likeness (QED) is 0.788. The van der Waals surface area contributed by atoms with E-state index >= 15 is 0 Å². The molecule has 0 spiro atoms. The fourth-order valence-corrected chi connectivity index (χ4v) is 3.44. The lowest BCUT2D eigenvalue weighted by molar-refractivity contribution is 0.567. The molecule has 0 unspecified atom stereocenters. The second kappa shape index (κ2) is 5.16. The number of aryl methyl sites for hydroxylation is 1. The van der Waals surface area contributed by atoms with Gasteiger partial charge in [-0.1, -0.05) is 0 Å². The van der Waals surface area contributed by atoms with Crippen LogP contribution in [-0.4, -0.2) is 30.8 Å². The number of nitrogens with one attached hydrogen (secondary N) is 1. The minimum Gasteiger partial charge on any atom is -0.329 e. The van der Waals surface area contributed by atoms with Gasteiger partial charge in [0.1, 0.15) is 4.90 Å². The summed E-state index contributed by atoms with van der Waals surface area (Å²) in [6.45, 7) is 7.95. The van der Waals surface area contributed by atoms with Gasteiger partial charge in [-0.15, -0.1) is 0 Å². The summed E-state index contributed by atoms with van der Waals surface area (Å²) in [6, 6.07) is -0.142. The van der Waals surface area contributed by atoms with E-state index in [1.165, 1.54) is 0 Å². The second-order valence-corrected chi connectivity index (χ2v) is 5.94. The van der Waals surface area contributed by atoms with Gasteiger partial charge in [0.2, 0.25) is 10.0 Å². The van der Waals surface area contributed by atoms with Gasteiger partial charge >= 0.3 is 0 Å². The van der Waals surface area contributed by atoms with Gasteiger partial charge in [0.15, 0.2) is 0 Å². The molecule has 6 nitrogen and oxygen atoms in total. The highest BCUT2D eigenvalue weighted by atomic mass is 32.2. The first-order chi connectivity index (χ1) is 7.79. The van der Waals surface area contributed by atoms with Crippen LogP contribution in [0.4, 0.5) is 0 Å². The van der Waals surface area contributed by atoms with Crippen LogP contribution in [0.1, 0.15) is 25.2 Å². The van der Waals surface area contributed by atoms with E-state index in [0.717, 1.165) is 0 Å². The Morgan fingerprint density at radius 3 is 2.47 bits per heavy atom. The molecule has 1 aromatic rings. The average molecular weight is 260 g/mol. The van der Waals surface area contributed by atoms with Crippen molar-refractivity contribution in [1.29, 1.82) is 0 Å². The molecule has 0 bridgehead atoms. The molecule has 0 amide bonds. The zero-order chi connectivity index (χ0) is 13.2. The van der Waals surface area contributed by atoms with E-state index in [1.54, 1.807) is 32.4 Å². The monoisotopic (exact) mass is 260 g/mol. The Labute approximate surface area is 102 Å². The van der Waals surface area contributed by atoms with Crippen LogP contribution in [0.3, 0.4) is 0 Å². The molecule has 0 atom stereocenters. The number of nitrogens with zero attached hydrogens (tertiary/aromatic N) is 2. The van der Waals surface area contributed by atoms with Gasteiger partial charge in [-0.25, -0.2) is 13.1 Å². The van der Waals surface area contributed by atoms with Crippen LogP contribution in [0.2, 0.25) is 0 Å². The summed E-state index contributed by atoms with van der Waals surface area (Å²) in [5.41, 5.74) is 6.58. The standard InChI is InChI=1S/C10H20N4O2S/c1-7(2)13-17(15,16)10-8(3)12-14(6-5-11)9(10)4/h7,13H,5-6,11H2,1-4H3. The number of nitrogens with two attached hydrogens (primary N) is 1. The first kappa shape index (κ1) is 14.1. The van der Waals surface area contributed by atoms with Crippen LogP contribution in [-0.2, 0) is 16.6 Å². The third-order valence-corrected chi connectivity index (χ3v) is 4.23. The largest absolute Gasteiger partial charge is 0.329 e. The Bertz CT molecular complexity index is 491. The zero-order valence-electron chi connectivity index (χ0n) is 10.7. The van der Waals surface area contributed by atoms with Crippen LogP contribution >= 0.6 is 0 Å². The third kappa shape index (κ3) is 3.05. The maximum atomic E-state index is 12.1. The zero-order valence-corrected chi connectivity index (χ0v) is 11.5. The summed E-state index contributed by atoms with van der Waals surface area (Å²) < 4.78 is 28.4. The molecular weight excluding hydrogens is 240 g/mol. The molecule has 0 saturated carbocycles. The van der Waals surface area contributed by atoms with Gasteiger partial charge in [-0.2, -0.15) is 5.10 Å². The van der Waals surface area contributed by atoms with Crippen LogP contribution in [0, 0.1) is 13.8 Å². The van der Waals surface area contributed by atoms with Crippen LogP contribution in [0.15, 0.2) is 4.90 Å². The number of sulfonamides is 1. The van der Waals surface area contributed by atoms with E-state index in [1.807, 2.05) is 0 Å². The van der Waals surface area contributed by atoms with Gasteiger partial charge < -0.3 is 5.73 Å². The fourth-order valence-electron chi connectivity index (χ4n) is 1.78. The normalized spacial score (nSPS) is 12.4. The van der Waals surface area contributed by atoms with E-state index in [-0.39, 0.29) is 10.9 Å². The lowest BCUT2D eigenvalue weighted by Crippen LogP contribution is -2.31. The first-order valence-electron chi connectivity index (χ1n) is 5.56. The Hall–Kier alpha value is -0.920. The van der Waals surface area contributed by atoms with E-state index in [0.29, 0.717) is 24.5 Å². The molecule has 0 aromatic carbocycles. The molecule has 3 N–H and O–H groups in total. The molecule has 0 aliphatic rings. The summed E-state index contributed by atoms with van der Waals surface area (Å²) in [7, 11) is -3.49. The van der Waals surface area contributed by atoms with Gasteiger partial charge in [0, 0.05) is 12.6 Å². The first-order valence-corrected chi connectivity index (χ1v) is 7.04. The minimum absolute atomic E-state index is 0.142. The number of rotatable bonds is 5. The molecule has 0 aliphatic carbocycles. The van der Waals surface area contributed by atoms with Crippen LogP contribution in [0.25, 0.3) is 0 Å². The molecule has 1 heterocycles. The van der Waals surface area contributed by atoms with E-state index in [2.05, 4.69) is 9.82 Å². The van der Waals surface area contributed by atoms with Gasteiger partial charge in [-0.05, 0) is 27.7 Å². The molecule has 0 saturated heterocycles. The van der Waals surface area contributed by atoms with Crippen molar-refractivity contribution in [3.8, 4) is 0 Å². The molecule has 98 valence electrons. The average Bonchev–Trinajstić information content (AvgIpc) is 2.40. The number of hydrogen-bond donors (Lipinski definition) is 2. The van der Waals surface area contributed by atoms with Gasteiger partial charge in [0.25, 0.3) is 0 Å². The van der Waals surface area contributed by atoms with Crippen molar-refractivity contribution >= 4 is 10.0 Å². The summed E-state index contributed by atoms with van der Waals surface area (Å²) in [4.78, 5) is 0.264. The Kier molecular flexibility index (Phi) is 4.29. The van der Waals surface area contributed by atoms with E-state index in [9.17, 15) is 8.42 Å². The lowest BCUT2D eigenvalue weighted by Gasteiger charge is -2.10. The van der Waals surface area contributed by atoms with Crippen molar-refractivity contribution in [2.45, 2.75) is 45.2 Å². The predicted octanol–water partition coefficient (Wildman–Crippen LogP) is 0.145. The highest BCUT2D eigenvalue weighted by Gasteiger charge is 2.24. The SMILES string of the molecule is Cc1nn(CCN)c(C)c1S(=O)(=O)NC(C)C. The lowest BCUT2D eigenvalue weighted by atomic mass is 10.4.